The number of H-pyrrole nitrogens is 1. The number of nitrogens with one attached hydrogen (secondary N) is 1. The summed E-state index contributed by atoms with van der Waals surface area (Å²) in [6, 6.07) is 5.97. The van der Waals surface area contributed by atoms with Gasteiger partial charge in [0, 0.05) is 30.8 Å². The van der Waals surface area contributed by atoms with Gasteiger partial charge in [0.2, 0.25) is 0 Å². The largest absolute Gasteiger partial charge is 0.493 e. The average molecular weight is 274 g/mol. The van der Waals surface area contributed by atoms with Gasteiger partial charge in [-0.1, -0.05) is 17.7 Å². The first-order chi connectivity index (χ1) is 9.65. The molecule has 0 aliphatic heterocycles. The number of carbonyl (C=O) groups is 1. The van der Waals surface area contributed by atoms with Crippen molar-refractivity contribution >= 4 is 5.97 Å². The Kier molecular flexibility index (Phi) is 4.76. The zero-order valence-corrected chi connectivity index (χ0v) is 11.4. The monoisotopic (exact) mass is 274 g/mol. The summed E-state index contributed by atoms with van der Waals surface area (Å²) in [6.45, 7) is 2.43. The number of aromatic nitrogens is 2. The molecule has 0 saturated heterocycles. The predicted molar refractivity (Wildman–Crippen MR) is 74.9 cm³/mol. The topological polar surface area (TPSA) is 75.2 Å². The van der Waals surface area contributed by atoms with E-state index in [0.717, 1.165) is 22.7 Å². The number of benzene rings is 1. The molecule has 0 aliphatic rings. The van der Waals surface area contributed by atoms with E-state index < -0.39 is 5.97 Å². The minimum atomic E-state index is -0.798. The summed E-state index contributed by atoms with van der Waals surface area (Å²) in [6.07, 6.45) is 4.81. The molecule has 0 unspecified atom stereocenters. The summed E-state index contributed by atoms with van der Waals surface area (Å²) >= 11 is 0. The van der Waals surface area contributed by atoms with Crippen molar-refractivity contribution in [3.8, 4) is 5.75 Å². The summed E-state index contributed by atoms with van der Waals surface area (Å²) in [4.78, 5) is 17.7. The Morgan fingerprint density at radius 2 is 2.30 bits per heavy atom. The zero-order valence-electron chi connectivity index (χ0n) is 11.4. The van der Waals surface area contributed by atoms with Crippen LogP contribution in [0.1, 0.15) is 29.8 Å². The molecule has 2 N–H and O–H groups in total. The molecular weight excluding hydrogens is 256 g/mol. The van der Waals surface area contributed by atoms with Crippen LogP contribution in [0.4, 0.5) is 0 Å². The van der Waals surface area contributed by atoms with E-state index in [-0.39, 0.29) is 6.42 Å². The van der Waals surface area contributed by atoms with Crippen LogP contribution in [0.15, 0.2) is 30.6 Å². The highest BCUT2D eigenvalue weighted by molar-refractivity contribution is 5.66. The van der Waals surface area contributed by atoms with Crippen LogP contribution in [0.25, 0.3) is 0 Å². The van der Waals surface area contributed by atoms with Crippen LogP contribution in [-0.2, 0) is 11.2 Å². The highest BCUT2D eigenvalue weighted by atomic mass is 16.5. The first-order valence-corrected chi connectivity index (χ1v) is 6.57. The molecule has 0 bridgehead atoms. The second-order valence-corrected chi connectivity index (χ2v) is 4.67. The van der Waals surface area contributed by atoms with E-state index in [9.17, 15) is 4.79 Å². The van der Waals surface area contributed by atoms with Crippen LogP contribution >= 0.6 is 0 Å². The number of aromatic amines is 1. The molecule has 0 radical (unpaired) electrons. The molecule has 5 nitrogen and oxygen atoms in total. The molecule has 1 aromatic carbocycles. The number of aryl methyl sites for hydroxylation is 1. The Morgan fingerprint density at radius 3 is 3.00 bits per heavy atom. The molecule has 0 atom stereocenters. The van der Waals surface area contributed by atoms with Crippen LogP contribution in [0.2, 0.25) is 0 Å². The van der Waals surface area contributed by atoms with Gasteiger partial charge in [-0.15, -0.1) is 0 Å². The maximum Gasteiger partial charge on any atom is 0.303 e. The van der Waals surface area contributed by atoms with Gasteiger partial charge < -0.3 is 14.8 Å². The average Bonchev–Trinajstić information content (AvgIpc) is 2.89. The van der Waals surface area contributed by atoms with E-state index in [4.69, 9.17) is 9.84 Å². The lowest BCUT2D eigenvalue weighted by atomic mass is 10.1. The number of imidazole rings is 1. The van der Waals surface area contributed by atoms with E-state index in [1.807, 2.05) is 19.1 Å². The number of ether oxygens (including phenoxy) is 1. The van der Waals surface area contributed by atoms with Gasteiger partial charge in [-0.05, 0) is 19.4 Å². The summed E-state index contributed by atoms with van der Waals surface area (Å²) in [5.41, 5.74) is 2.21. The molecule has 0 amide bonds. The van der Waals surface area contributed by atoms with E-state index in [1.54, 1.807) is 12.4 Å². The van der Waals surface area contributed by atoms with Gasteiger partial charge in [0.25, 0.3) is 0 Å². The number of carboxylic acid groups (broad SMARTS) is 1. The zero-order chi connectivity index (χ0) is 14.4. The van der Waals surface area contributed by atoms with Gasteiger partial charge in [0.1, 0.15) is 11.6 Å². The molecule has 0 aliphatic carbocycles. The SMILES string of the molecule is Cc1ccc(OCCCC(=O)O)c(Cc2ncc[nH]2)c1. The fraction of sp³-hybridized carbons (Fsp3) is 0.333. The predicted octanol–water partition coefficient (Wildman–Crippen LogP) is 2.55. The number of nitrogens with zero attached hydrogens (tertiary/aromatic N) is 1. The summed E-state index contributed by atoms with van der Waals surface area (Å²) < 4.78 is 5.69. The van der Waals surface area contributed by atoms with Crippen molar-refractivity contribution in [3.63, 3.8) is 0 Å². The third-order valence-electron chi connectivity index (χ3n) is 2.92. The maximum atomic E-state index is 10.5. The number of hydrogen-bond donors (Lipinski definition) is 2. The first kappa shape index (κ1) is 14.1. The standard InChI is InChI=1S/C15H18N2O3/c1-11-4-5-13(20-8-2-3-15(18)19)12(9-11)10-14-16-6-7-17-14/h4-7,9H,2-3,8,10H2,1H3,(H,16,17)(H,18,19). The molecule has 0 spiro atoms. The molecule has 5 heteroatoms. The molecule has 0 fully saturated rings. The van der Waals surface area contributed by atoms with E-state index in [1.165, 1.54) is 0 Å². The number of hydrogen-bond acceptors (Lipinski definition) is 3. The van der Waals surface area contributed by atoms with Crippen LogP contribution in [0.3, 0.4) is 0 Å². The number of carboxylic acids is 1. The molecular formula is C15H18N2O3. The number of aliphatic carboxylic acids is 1. The smallest absolute Gasteiger partial charge is 0.303 e. The molecule has 106 valence electrons. The second kappa shape index (κ2) is 6.75. The van der Waals surface area contributed by atoms with Crippen molar-refractivity contribution in [2.45, 2.75) is 26.2 Å². The van der Waals surface area contributed by atoms with Gasteiger partial charge >= 0.3 is 5.97 Å². The van der Waals surface area contributed by atoms with Crippen molar-refractivity contribution in [2.24, 2.45) is 0 Å². The third kappa shape index (κ3) is 4.12. The molecule has 2 rings (SSSR count). The fourth-order valence-electron chi connectivity index (χ4n) is 1.97. The third-order valence-corrected chi connectivity index (χ3v) is 2.92. The highest BCUT2D eigenvalue weighted by Crippen LogP contribution is 2.22. The van der Waals surface area contributed by atoms with Crippen LogP contribution in [0, 0.1) is 6.92 Å². The Bertz CT molecular complexity index is 565. The van der Waals surface area contributed by atoms with E-state index >= 15 is 0 Å². The molecule has 20 heavy (non-hydrogen) atoms. The number of rotatable bonds is 7. The lowest BCUT2D eigenvalue weighted by molar-refractivity contribution is -0.137. The van der Waals surface area contributed by atoms with Gasteiger partial charge in [0.15, 0.2) is 0 Å². The van der Waals surface area contributed by atoms with E-state index in [0.29, 0.717) is 19.4 Å². The minimum absolute atomic E-state index is 0.124. The van der Waals surface area contributed by atoms with Crippen molar-refractivity contribution in [1.82, 2.24) is 9.97 Å². The first-order valence-electron chi connectivity index (χ1n) is 6.57. The quantitative estimate of drug-likeness (QED) is 0.761. The lowest BCUT2D eigenvalue weighted by Crippen LogP contribution is -2.04. The van der Waals surface area contributed by atoms with Crippen molar-refractivity contribution in [3.05, 3.63) is 47.5 Å². The van der Waals surface area contributed by atoms with Gasteiger partial charge in [-0.2, -0.15) is 0 Å². The normalized spacial score (nSPS) is 10.4. The Morgan fingerprint density at radius 1 is 1.45 bits per heavy atom. The summed E-state index contributed by atoms with van der Waals surface area (Å²) in [5.74, 6) is 0.872. The minimum Gasteiger partial charge on any atom is -0.493 e. The van der Waals surface area contributed by atoms with Crippen molar-refractivity contribution in [2.75, 3.05) is 6.61 Å². The molecule has 2 aromatic rings. The Balaban J connectivity index is 2.02. The lowest BCUT2D eigenvalue weighted by Gasteiger charge is -2.11. The van der Waals surface area contributed by atoms with Crippen LogP contribution < -0.4 is 4.74 Å². The summed E-state index contributed by atoms with van der Waals surface area (Å²) in [5, 5.41) is 8.60. The van der Waals surface area contributed by atoms with Crippen molar-refractivity contribution in [1.29, 1.82) is 0 Å². The summed E-state index contributed by atoms with van der Waals surface area (Å²) in [7, 11) is 0. The van der Waals surface area contributed by atoms with Gasteiger partial charge in [-0.25, -0.2) is 4.98 Å². The molecule has 1 heterocycles. The Hall–Kier alpha value is -2.30. The molecule has 1 aromatic heterocycles. The van der Waals surface area contributed by atoms with Gasteiger partial charge in [-0.3, -0.25) is 4.79 Å². The fourth-order valence-corrected chi connectivity index (χ4v) is 1.97. The second-order valence-electron chi connectivity index (χ2n) is 4.67. The maximum absolute atomic E-state index is 10.5. The highest BCUT2D eigenvalue weighted by Gasteiger charge is 2.07. The van der Waals surface area contributed by atoms with Crippen LogP contribution in [0.5, 0.6) is 5.75 Å². The van der Waals surface area contributed by atoms with Crippen molar-refractivity contribution < 1.29 is 14.6 Å². The Labute approximate surface area is 117 Å². The van der Waals surface area contributed by atoms with E-state index in [2.05, 4.69) is 16.0 Å². The van der Waals surface area contributed by atoms with Crippen LogP contribution in [-0.4, -0.2) is 27.7 Å². The van der Waals surface area contributed by atoms with Gasteiger partial charge in [0.05, 0.1) is 6.61 Å². The molecule has 0 saturated carbocycles.